The molecule has 0 fully saturated rings. The van der Waals surface area contributed by atoms with Crippen LogP contribution < -0.4 is 11.1 Å². The molecule has 1 aromatic carbocycles. The van der Waals surface area contributed by atoms with E-state index in [9.17, 15) is 0 Å². The molecular formula is C17H29IN4. The lowest BCUT2D eigenvalue weighted by Crippen LogP contribution is -2.33. The number of anilines is 1. The summed E-state index contributed by atoms with van der Waals surface area (Å²) in [4.78, 5) is 6.81. The summed E-state index contributed by atoms with van der Waals surface area (Å²) in [5.41, 5.74) is 9.95. The monoisotopic (exact) mass is 416 g/mol. The fraction of sp³-hybridized carbons (Fsp3) is 0.588. The number of rotatable bonds is 6. The Morgan fingerprint density at radius 3 is 2.73 bits per heavy atom. The van der Waals surface area contributed by atoms with Crippen molar-refractivity contribution in [3.8, 4) is 0 Å². The SMILES string of the molecule is CCN(CCN=C(N)Nc1ccc2c(c1)CCC2)C(C)C.I. The second-order valence-electron chi connectivity index (χ2n) is 5.95. The third kappa shape index (κ3) is 5.43. The topological polar surface area (TPSA) is 53.6 Å². The lowest BCUT2D eigenvalue weighted by atomic mass is 10.1. The Bertz CT molecular complexity index is 499. The number of halogens is 1. The number of benzene rings is 1. The number of guanidine groups is 1. The maximum atomic E-state index is 5.98. The molecule has 1 aliphatic carbocycles. The third-order valence-electron chi connectivity index (χ3n) is 4.18. The molecule has 0 saturated heterocycles. The van der Waals surface area contributed by atoms with Gasteiger partial charge >= 0.3 is 0 Å². The van der Waals surface area contributed by atoms with E-state index in [4.69, 9.17) is 5.73 Å². The number of aliphatic imine (C=N–C) groups is 1. The zero-order valence-electron chi connectivity index (χ0n) is 13.9. The molecule has 0 saturated carbocycles. The average molecular weight is 416 g/mol. The van der Waals surface area contributed by atoms with E-state index in [-0.39, 0.29) is 24.0 Å². The Labute approximate surface area is 151 Å². The predicted octanol–water partition coefficient (Wildman–Crippen LogP) is 3.25. The van der Waals surface area contributed by atoms with Crippen molar-refractivity contribution in [3.63, 3.8) is 0 Å². The van der Waals surface area contributed by atoms with Crippen LogP contribution in [0.3, 0.4) is 0 Å². The van der Waals surface area contributed by atoms with E-state index in [1.807, 2.05) is 0 Å². The van der Waals surface area contributed by atoms with Gasteiger partial charge in [0, 0.05) is 18.3 Å². The van der Waals surface area contributed by atoms with Crippen molar-refractivity contribution in [2.75, 3.05) is 25.0 Å². The van der Waals surface area contributed by atoms with Crippen LogP contribution in [-0.2, 0) is 12.8 Å². The summed E-state index contributed by atoms with van der Waals surface area (Å²) >= 11 is 0. The standard InChI is InChI=1S/C17H28N4.HI/c1-4-21(13(2)3)11-10-19-17(18)20-16-9-8-14-6-5-7-15(14)12-16;/h8-9,12-13H,4-7,10-11H2,1-3H3,(H3,18,19,20);1H. The fourth-order valence-electron chi connectivity index (χ4n) is 2.92. The molecule has 0 bridgehead atoms. The Hall–Kier alpha value is -0.820. The molecule has 0 aromatic heterocycles. The molecule has 2 rings (SSSR count). The van der Waals surface area contributed by atoms with E-state index in [0.29, 0.717) is 12.0 Å². The first kappa shape index (κ1) is 19.2. The van der Waals surface area contributed by atoms with Crippen molar-refractivity contribution < 1.29 is 0 Å². The summed E-state index contributed by atoms with van der Waals surface area (Å²) < 4.78 is 0. The highest BCUT2D eigenvalue weighted by Gasteiger charge is 2.11. The summed E-state index contributed by atoms with van der Waals surface area (Å²) in [5.74, 6) is 0.507. The molecule has 22 heavy (non-hydrogen) atoms. The lowest BCUT2D eigenvalue weighted by Gasteiger charge is -2.23. The molecule has 1 aromatic rings. The van der Waals surface area contributed by atoms with Gasteiger partial charge in [-0.15, -0.1) is 24.0 Å². The van der Waals surface area contributed by atoms with Gasteiger partial charge < -0.3 is 11.1 Å². The summed E-state index contributed by atoms with van der Waals surface area (Å²) in [5, 5.41) is 3.20. The number of nitrogens with one attached hydrogen (secondary N) is 1. The molecule has 0 aliphatic heterocycles. The first-order valence-electron chi connectivity index (χ1n) is 8.03. The smallest absolute Gasteiger partial charge is 0.193 e. The first-order valence-corrected chi connectivity index (χ1v) is 8.03. The Balaban J connectivity index is 0.00000242. The van der Waals surface area contributed by atoms with E-state index >= 15 is 0 Å². The molecule has 4 nitrogen and oxygen atoms in total. The number of nitrogens with two attached hydrogens (primary N) is 1. The number of hydrogen-bond acceptors (Lipinski definition) is 2. The highest BCUT2D eigenvalue weighted by Crippen LogP contribution is 2.24. The highest BCUT2D eigenvalue weighted by molar-refractivity contribution is 14.0. The van der Waals surface area contributed by atoms with Crippen molar-refractivity contribution in [1.82, 2.24) is 4.90 Å². The van der Waals surface area contributed by atoms with Gasteiger partial charge in [-0.05, 0) is 62.9 Å². The summed E-state index contributed by atoms with van der Waals surface area (Å²) in [6.45, 7) is 9.32. The summed E-state index contributed by atoms with van der Waals surface area (Å²) in [6.07, 6.45) is 3.66. The zero-order chi connectivity index (χ0) is 15.2. The average Bonchev–Trinajstić information content (AvgIpc) is 2.90. The minimum Gasteiger partial charge on any atom is -0.370 e. The van der Waals surface area contributed by atoms with Gasteiger partial charge in [-0.2, -0.15) is 0 Å². The van der Waals surface area contributed by atoms with E-state index in [1.165, 1.54) is 30.4 Å². The van der Waals surface area contributed by atoms with Gasteiger partial charge in [0.1, 0.15) is 0 Å². The molecule has 3 N–H and O–H groups in total. The Morgan fingerprint density at radius 2 is 2.05 bits per heavy atom. The van der Waals surface area contributed by atoms with Gasteiger partial charge in [0.25, 0.3) is 0 Å². The number of likely N-dealkylation sites (N-methyl/N-ethyl adjacent to an activating group) is 1. The quantitative estimate of drug-likeness (QED) is 0.425. The van der Waals surface area contributed by atoms with Crippen LogP contribution in [0.5, 0.6) is 0 Å². The maximum Gasteiger partial charge on any atom is 0.193 e. The number of hydrogen-bond donors (Lipinski definition) is 2. The van der Waals surface area contributed by atoms with E-state index in [2.05, 4.69) is 54.2 Å². The molecule has 0 atom stereocenters. The minimum absolute atomic E-state index is 0. The first-order chi connectivity index (χ1) is 10.1. The Kier molecular flexibility index (Phi) is 8.17. The normalized spacial score (nSPS) is 14.1. The molecule has 124 valence electrons. The molecule has 0 unspecified atom stereocenters. The second kappa shape index (κ2) is 9.35. The molecule has 0 amide bonds. The van der Waals surface area contributed by atoms with E-state index < -0.39 is 0 Å². The van der Waals surface area contributed by atoms with Gasteiger partial charge in [0.05, 0.1) is 6.54 Å². The van der Waals surface area contributed by atoms with Crippen molar-refractivity contribution in [2.45, 2.75) is 46.1 Å². The van der Waals surface area contributed by atoms with Gasteiger partial charge in [-0.25, -0.2) is 0 Å². The predicted molar refractivity (Wildman–Crippen MR) is 106 cm³/mol. The molecule has 1 aliphatic rings. The van der Waals surface area contributed by atoms with Crippen molar-refractivity contribution in [2.24, 2.45) is 10.7 Å². The van der Waals surface area contributed by atoms with Crippen LogP contribution in [-0.4, -0.2) is 36.5 Å². The van der Waals surface area contributed by atoms with E-state index in [1.54, 1.807) is 0 Å². The number of fused-ring (bicyclic) bond motifs is 1. The minimum atomic E-state index is 0. The van der Waals surface area contributed by atoms with E-state index in [0.717, 1.165) is 25.3 Å². The molecule has 0 heterocycles. The van der Waals surface area contributed by atoms with Crippen molar-refractivity contribution in [3.05, 3.63) is 29.3 Å². The zero-order valence-corrected chi connectivity index (χ0v) is 16.3. The van der Waals surface area contributed by atoms with Crippen LogP contribution >= 0.6 is 24.0 Å². The molecule has 5 heteroatoms. The number of aryl methyl sites for hydroxylation is 2. The van der Waals surface area contributed by atoms with Crippen LogP contribution in [0.15, 0.2) is 23.2 Å². The summed E-state index contributed by atoms with van der Waals surface area (Å²) in [6, 6.07) is 7.06. The molecular weight excluding hydrogens is 387 g/mol. The Morgan fingerprint density at radius 1 is 1.32 bits per heavy atom. The van der Waals surface area contributed by atoms with Gasteiger partial charge in [-0.3, -0.25) is 9.89 Å². The second-order valence-corrected chi connectivity index (χ2v) is 5.95. The largest absolute Gasteiger partial charge is 0.370 e. The van der Waals surface area contributed by atoms with Crippen LogP contribution in [0.25, 0.3) is 0 Å². The van der Waals surface area contributed by atoms with Crippen molar-refractivity contribution >= 4 is 35.6 Å². The van der Waals surface area contributed by atoms with Crippen LogP contribution in [0.1, 0.15) is 38.3 Å². The maximum absolute atomic E-state index is 5.98. The van der Waals surface area contributed by atoms with Gasteiger partial charge in [0.15, 0.2) is 5.96 Å². The highest BCUT2D eigenvalue weighted by atomic mass is 127. The van der Waals surface area contributed by atoms with Gasteiger partial charge in [-0.1, -0.05) is 13.0 Å². The van der Waals surface area contributed by atoms with Crippen LogP contribution in [0, 0.1) is 0 Å². The lowest BCUT2D eigenvalue weighted by molar-refractivity contribution is 0.241. The van der Waals surface area contributed by atoms with Crippen molar-refractivity contribution in [1.29, 1.82) is 0 Å². The molecule has 0 spiro atoms. The summed E-state index contributed by atoms with van der Waals surface area (Å²) in [7, 11) is 0. The number of nitrogens with zero attached hydrogens (tertiary/aromatic N) is 2. The molecule has 0 radical (unpaired) electrons. The van der Waals surface area contributed by atoms with Crippen LogP contribution in [0.2, 0.25) is 0 Å². The van der Waals surface area contributed by atoms with Gasteiger partial charge in [0.2, 0.25) is 0 Å². The fourth-order valence-corrected chi connectivity index (χ4v) is 2.92. The third-order valence-corrected chi connectivity index (χ3v) is 4.18. The van der Waals surface area contributed by atoms with Crippen LogP contribution in [0.4, 0.5) is 5.69 Å².